The van der Waals surface area contributed by atoms with E-state index < -0.39 is 0 Å². The van der Waals surface area contributed by atoms with Crippen molar-refractivity contribution < 1.29 is 4.74 Å². The first-order chi connectivity index (χ1) is 8.33. The zero-order valence-corrected chi connectivity index (χ0v) is 10.2. The van der Waals surface area contributed by atoms with E-state index in [2.05, 4.69) is 22.0 Å². The van der Waals surface area contributed by atoms with Gasteiger partial charge in [0.05, 0.1) is 19.3 Å². The molecule has 0 aliphatic carbocycles. The summed E-state index contributed by atoms with van der Waals surface area (Å²) >= 11 is 0. The van der Waals surface area contributed by atoms with Crippen LogP contribution in [0.1, 0.15) is 18.5 Å². The highest BCUT2D eigenvalue weighted by atomic mass is 16.5. The van der Waals surface area contributed by atoms with Crippen LogP contribution in [0.4, 0.5) is 0 Å². The standard InChI is InChI=1S/C13H19N3O/c1-2-15-13(14)16-8-9-17-10-12(16)11-6-4-3-5-7-11/h3-7,12H,2,8-10H2,1H3,(H2,14,15). The molecular weight excluding hydrogens is 214 g/mol. The van der Waals surface area contributed by atoms with Crippen LogP contribution in [0.25, 0.3) is 0 Å². The fourth-order valence-corrected chi connectivity index (χ4v) is 2.08. The highest BCUT2D eigenvalue weighted by Gasteiger charge is 2.25. The molecule has 0 saturated carbocycles. The molecule has 2 N–H and O–H groups in total. The van der Waals surface area contributed by atoms with E-state index in [0.29, 0.717) is 25.7 Å². The van der Waals surface area contributed by atoms with Gasteiger partial charge < -0.3 is 15.4 Å². The van der Waals surface area contributed by atoms with Crippen LogP contribution in [0.15, 0.2) is 35.3 Å². The van der Waals surface area contributed by atoms with Gasteiger partial charge in [0.2, 0.25) is 0 Å². The van der Waals surface area contributed by atoms with Crippen molar-refractivity contribution >= 4 is 5.96 Å². The van der Waals surface area contributed by atoms with Crippen molar-refractivity contribution in [3.63, 3.8) is 0 Å². The van der Waals surface area contributed by atoms with E-state index in [1.54, 1.807) is 0 Å². The number of morpholine rings is 1. The van der Waals surface area contributed by atoms with E-state index in [-0.39, 0.29) is 6.04 Å². The lowest BCUT2D eigenvalue weighted by molar-refractivity contribution is 0.0251. The van der Waals surface area contributed by atoms with Gasteiger partial charge in [-0.25, -0.2) is 0 Å². The molecule has 0 amide bonds. The molecule has 2 rings (SSSR count). The van der Waals surface area contributed by atoms with Crippen molar-refractivity contribution in [1.82, 2.24) is 4.90 Å². The molecule has 1 atom stereocenters. The molecule has 0 aromatic heterocycles. The Kier molecular flexibility index (Phi) is 3.98. The summed E-state index contributed by atoms with van der Waals surface area (Å²) < 4.78 is 5.54. The van der Waals surface area contributed by atoms with E-state index in [1.165, 1.54) is 5.56 Å². The number of guanidine groups is 1. The maximum absolute atomic E-state index is 6.01. The zero-order chi connectivity index (χ0) is 12.1. The van der Waals surface area contributed by atoms with E-state index in [4.69, 9.17) is 10.5 Å². The van der Waals surface area contributed by atoms with Gasteiger partial charge in [0.1, 0.15) is 0 Å². The maximum Gasteiger partial charge on any atom is 0.191 e. The quantitative estimate of drug-likeness (QED) is 0.620. The summed E-state index contributed by atoms with van der Waals surface area (Å²) in [6, 6.07) is 10.5. The van der Waals surface area contributed by atoms with Crippen LogP contribution >= 0.6 is 0 Å². The summed E-state index contributed by atoms with van der Waals surface area (Å²) in [7, 11) is 0. The van der Waals surface area contributed by atoms with Crippen molar-refractivity contribution in [3.8, 4) is 0 Å². The fourth-order valence-electron chi connectivity index (χ4n) is 2.08. The summed E-state index contributed by atoms with van der Waals surface area (Å²) in [6.07, 6.45) is 0. The normalized spacial score (nSPS) is 21.6. The Morgan fingerprint density at radius 2 is 2.24 bits per heavy atom. The van der Waals surface area contributed by atoms with Gasteiger partial charge in [0, 0.05) is 13.1 Å². The number of rotatable bonds is 2. The fraction of sp³-hybridized carbons (Fsp3) is 0.462. The Morgan fingerprint density at radius 3 is 2.94 bits per heavy atom. The van der Waals surface area contributed by atoms with Gasteiger partial charge in [-0.1, -0.05) is 30.3 Å². The molecule has 1 fully saturated rings. The molecule has 1 unspecified atom stereocenters. The zero-order valence-electron chi connectivity index (χ0n) is 10.2. The number of aliphatic imine (C=N–C) groups is 1. The van der Waals surface area contributed by atoms with Crippen LogP contribution in [0.5, 0.6) is 0 Å². The largest absolute Gasteiger partial charge is 0.377 e. The first-order valence-electron chi connectivity index (χ1n) is 6.02. The Bertz CT molecular complexity index is 378. The Labute approximate surface area is 102 Å². The van der Waals surface area contributed by atoms with Gasteiger partial charge in [-0.3, -0.25) is 4.99 Å². The van der Waals surface area contributed by atoms with Crippen LogP contribution in [-0.4, -0.2) is 37.2 Å². The molecular formula is C13H19N3O. The van der Waals surface area contributed by atoms with Gasteiger partial charge in [-0.2, -0.15) is 0 Å². The molecule has 0 spiro atoms. The van der Waals surface area contributed by atoms with Crippen LogP contribution in [0, 0.1) is 0 Å². The van der Waals surface area contributed by atoms with Gasteiger partial charge in [-0.05, 0) is 12.5 Å². The van der Waals surface area contributed by atoms with E-state index in [0.717, 1.165) is 6.54 Å². The van der Waals surface area contributed by atoms with Crippen LogP contribution < -0.4 is 5.73 Å². The third-order valence-corrected chi connectivity index (χ3v) is 2.93. The SMILES string of the molecule is CCN=C(N)N1CCOCC1c1ccccc1. The van der Waals surface area contributed by atoms with Crippen molar-refractivity contribution in [3.05, 3.63) is 35.9 Å². The van der Waals surface area contributed by atoms with Gasteiger partial charge in [-0.15, -0.1) is 0 Å². The number of ether oxygens (including phenoxy) is 1. The molecule has 0 radical (unpaired) electrons. The van der Waals surface area contributed by atoms with Crippen molar-refractivity contribution in [1.29, 1.82) is 0 Å². The Morgan fingerprint density at radius 1 is 1.47 bits per heavy atom. The average Bonchev–Trinajstić information content (AvgIpc) is 2.40. The summed E-state index contributed by atoms with van der Waals surface area (Å²) in [5.41, 5.74) is 7.23. The van der Waals surface area contributed by atoms with Crippen molar-refractivity contribution in [2.75, 3.05) is 26.3 Å². The van der Waals surface area contributed by atoms with Gasteiger partial charge in [0.25, 0.3) is 0 Å². The first kappa shape index (κ1) is 11.9. The van der Waals surface area contributed by atoms with Crippen molar-refractivity contribution in [2.45, 2.75) is 13.0 Å². The molecule has 1 saturated heterocycles. The third-order valence-electron chi connectivity index (χ3n) is 2.93. The molecule has 1 aliphatic rings. The minimum absolute atomic E-state index is 0.181. The lowest BCUT2D eigenvalue weighted by Crippen LogP contribution is -2.47. The maximum atomic E-state index is 6.01. The monoisotopic (exact) mass is 233 g/mol. The molecule has 1 aliphatic heterocycles. The molecule has 4 nitrogen and oxygen atoms in total. The van der Waals surface area contributed by atoms with Crippen LogP contribution in [0.2, 0.25) is 0 Å². The number of hydrogen-bond donors (Lipinski definition) is 1. The predicted molar refractivity (Wildman–Crippen MR) is 68.9 cm³/mol. The Hall–Kier alpha value is -1.55. The number of nitrogens with two attached hydrogens (primary N) is 1. The van der Waals surface area contributed by atoms with Gasteiger partial charge >= 0.3 is 0 Å². The average molecular weight is 233 g/mol. The number of hydrogen-bond acceptors (Lipinski definition) is 2. The highest BCUT2D eigenvalue weighted by molar-refractivity contribution is 5.78. The summed E-state index contributed by atoms with van der Waals surface area (Å²) in [6.45, 7) is 4.89. The summed E-state index contributed by atoms with van der Waals surface area (Å²) in [5.74, 6) is 0.615. The third kappa shape index (κ3) is 2.77. The molecule has 0 bridgehead atoms. The molecule has 1 aromatic carbocycles. The second kappa shape index (κ2) is 5.68. The Balaban J connectivity index is 2.21. The molecule has 4 heteroatoms. The first-order valence-corrected chi connectivity index (χ1v) is 6.02. The molecule has 1 aromatic rings. The minimum atomic E-state index is 0.181. The molecule has 92 valence electrons. The lowest BCUT2D eigenvalue weighted by atomic mass is 10.1. The number of benzene rings is 1. The topological polar surface area (TPSA) is 50.8 Å². The van der Waals surface area contributed by atoms with E-state index in [9.17, 15) is 0 Å². The van der Waals surface area contributed by atoms with Gasteiger partial charge in [0.15, 0.2) is 5.96 Å². The summed E-state index contributed by atoms with van der Waals surface area (Å²) in [5, 5.41) is 0. The molecule has 1 heterocycles. The van der Waals surface area contributed by atoms with Crippen LogP contribution in [-0.2, 0) is 4.74 Å². The minimum Gasteiger partial charge on any atom is -0.377 e. The van der Waals surface area contributed by atoms with E-state index >= 15 is 0 Å². The smallest absolute Gasteiger partial charge is 0.191 e. The molecule has 17 heavy (non-hydrogen) atoms. The summed E-state index contributed by atoms with van der Waals surface area (Å²) in [4.78, 5) is 6.42. The second-order valence-electron chi connectivity index (χ2n) is 4.03. The van der Waals surface area contributed by atoms with Crippen molar-refractivity contribution in [2.24, 2.45) is 10.7 Å². The predicted octanol–water partition coefficient (Wildman–Crippen LogP) is 1.39. The van der Waals surface area contributed by atoms with E-state index in [1.807, 2.05) is 25.1 Å². The van der Waals surface area contributed by atoms with Crippen LogP contribution in [0.3, 0.4) is 0 Å². The highest BCUT2D eigenvalue weighted by Crippen LogP contribution is 2.23. The second-order valence-corrected chi connectivity index (χ2v) is 4.03. The lowest BCUT2D eigenvalue weighted by Gasteiger charge is -2.36. The number of nitrogens with zero attached hydrogens (tertiary/aromatic N) is 2.